The topological polar surface area (TPSA) is 63.1 Å². The van der Waals surface area contributed by atoms with Crippen LogP contribution in [-0.2, 0) is 4.79 Å². The van der Waals surface area contributed by atoms with E-state index in [1.807, 2.05) is 39.9 Å². The highest BCUT2D eigenvalue weighted by molar-refractivity contribution is 8.00. The molecular weight excluding hydrogens is 425 g/mol. The highest BCUT2D eigenvalue weighted by Gasteiger charge is 2.42. The van der Waals surface area contributed by atoms with E-state index < -0.39 is 5.25 Å². The Morgan fingerprint density at radius 1 is 1.03 bits per heavy atom. The molecule has 1 fully saturated rings. The van der Waals surface area contributed by atoms with Gasteiger partial charge in [-0.2, -0.15) is 0 Å². The van der Waals surface area contributed by atoms with E-state index in [4.69, 9.17) is 0 Å². The van der Waals surface area contributed by atoms with Crippen LogP contribution in [0.2, 0.25) is 0 Å². The van der Waals surface area contributed by atoms with Crippen LogP contribution in [0.25, 0.3) is 11.4 Å². The molecule has 0 radical (unpaired) electrons. The van der Waals surface area contributed by atoms with Crippen molar-refractivity contribution in [2.45, 2.75) is 61.6 Å². The first-order valence-corrected chi connectivity index (χ1v) is 11.9. The van der Waals surface area contributed by atoms with E-state index in [0.29, 0.717) is 11.0 Å². The van der Waals surface area contributed by atoms with Crippen molar-refractivity contribution < 1.29 is 9.18 Å². The summed E-state index contributed by atoms with van der Waals surface area (Å²) in [6.45, 7) is 4.24. The largest absolute Gasteiger partial charge is 0.336 e. The number of hydrogen-bond acceptors (Lipinski definition) is 5. The minimum Gasteiger partial charge on any atom is -0.336 e. The van der Waals surface area contributed by atoms with Gasteiger partial charge in [-0.15, -0.1) is 10.2 Å². The van der Waals surface area contributed by atoms with Crippen molar-refractivity contribution in [2.24, 2.45) is 0 Å². The zero-order valence-corrected chi connectivity index (χ0v) is 18.9. The van der Waals surface area contributed by atoms with Gasteiger partial charge in [-0.05, 0) is 50.8 Å². The van der Waals surface area contributed by atoms with Crippen molar-refractivity contribution in [2.75, 3.05) is 5.43 Å². The minimum absolute atomic E-state index is 0.0898. The lowest BCUT2D eigenvalue weighted by Crippen LogP contribution is -2.53. The molecule has 2 aliphatic rings. The van der Waals surface area contributed by atoms with Crippen molar-refractivity contribution in [1.29, 1.82) is 0 Å². The molecule has 3 heterocycles. The predicted molar refractivity (Wildman–Crippen MR) is 123 cm³/mol. The maximum absolute atomic E-state index is 13.8. The smallest absolute Gasteiger partial charge is 0.239 e. The second-order valence-electron chi connectivity index (χ2n) is 8.58. The summed E-state index contributed by atoms with van der Waals surface area (Å²) in [5.41, 5.74) is 5.27. The highest BCUT2D eigenvalue weighted by atomic mass is 32.2. The van der Waals surface area contributed by atoms with Crippen LogP contribution < -0.4 is 5.43 Å². The predicted octanol–water partition coefficient (Wildman–Crippen LogP) is 4.63. The van der Waals surface area contributed by atoms with Gasteiger partial charge in [0, 0.05) is 17.6 Å². The number of halogens is 1. The Balaban J connectivity index is 1.54. The molecule has 5 rings (SSSR count). The van der Waals surface area contributed by atoms with E-state index >= 15 is 0 Å². The monoisotopic (exact) mass is 451 g/mol. The van der Waals surface area contributed by atoms with Crippen LogP contribution in [0, 0.1) is 5.82 Å². The highest BCUT2D eigenvalue weighted by Crippen LogP contribution is 2.40. The Bertz CT molecular complexity index is 1090. The molecule has 2 aromatic carbocycles. The number of amides is 1. The van der Waals surface area contributed by atoms with Gasteiger partial charge in [-0.3, -0.25) is 4.79 Å². The van der Waals surface area contributed by atoms with Gasteiger partial charge < -0.3 is 10.3 Å². The normalized spacial score (nSPS) is 25.2. The Kier molecular flexibility index (Phi) is 5.63. The average molecular weight is 452 g/mol. The number of carbonyl (C=O) groups is 1. The molecule has 0 spiro atoms. The number of fused-ring (bicyclic) bond motifs is 1. The van der Waals surface area contributed by atoms with E-state index in [9.17, 15) is 9.18 Å². The van der Waals surface area contributed by atoms with E-state index in [2.05, 4.69) is 29.5 Å². The molecule has 4 unspecified atom stereocenters. The van der Waals surface area contributed by atoms with Crippen LogP contribution >= 0.6 is 11.8 Å². The van der Waals surface area contributed by atoms with Gasteiger partial charge in [0.25, 0.3) is 0 Å². The molecular formula is C24H26FN5OS. The van der Waals surface area contributed by atoms with Crippen molar-refractivity contribution in [3.63, 3.8) is 0 Å². The summed E-state index contributed by atoms with van der Waals surface area (Å²) in [5, 5.41) is 8.99. The summed E-state index contributed by atoms with van der Waals surface area (Å²) < 4.78 is 15.5. The molecule has 1 aromatic heterocycles. The lowest BCUT2D eigenvalue weighted by atomic mass is 9.95. The molecule has 4 atom stereocenters. The number of hydrogen-bond donors (Lipinski definition) is 1. The van der Waals surface area contributed by atoms with Crippen LogP contribution in [0.1, 0.15) is 44.7 Å². The number of thioether (sulfide) groups is 1. The number of rotatable bonds is 3. The Morgan fingerprint density at radius 2 is 1.72 bits per heavy atom. The van der Waals surface area contributed by atoms with Crippen LogP contribution in [0.4, 0.5) is 4.39 Å². The third kappa shape index (κ3) is 3.77. The van der Waals surface area contributed by atoms with E-state index in [1.165, 1.54) is 23.9 Å². The summed E-state index contributed by atoms with van der Waals surface area (Å²) in [6.07, 6.45) is 3.16. The first-order chi connectivity index (χ1) is 15.5. The fourth-order valence-electron chi connectivity index (χ4n) is 4.74. The molecule has 3 aromatic rings. The molecule has 1 saturated heterocycles. The number of piperidine rings is 1. The van der Waals surface area contributed by atoms with Gasteiger partial charge in [0.2, 0.25) is 11.1 Å². The molecule has 8 heteroatoms. The molecule has 0 aliphatic carbocycles. The fraction of sp³-hybridized carbons (Fsp3) is 0.375. The van der Waals surface area contributed by atoms with Crippen molar-refractivity contribution >= 4 is 17.7 Å². The van der Waals surface area contributed by atoms with Crippen LogP contribution in [0.5, 0.6) is 0 Å². The molecule has 1 N–H and O–H groups in total. The maximum Gasteiger partial charge on any atom is 0.239 e. The van der Waals surface area contributed by atoms with Crippen molar-refractivity contribution in [3.05, 3.63) is 66.0 Å². The third-order valence-electron chi connectivity index (χ3n) is 6.39. The van der Waals surface area contributed by atoms with Gasteiger partial charge in [0.15, 0.2) is 5.82 Å². The Morgan fingerprint density at radius 3 is 2.41 bits per heavy atom. The second-order valence-corrected chi connectivity index (χ2v) is 9.69. The average Bonchev–Trinajstić information content (AvgIpc) is 3.22. The standard InChI is InChI=1S/C24H26FN5OS/c1-15-7-6-8-16(2)29(15)23(31)21-20(17-11-13-19(25)14-12-17)28-30-22(26-27-24(30)32-21)18-9-4-3-5-10-18/h3-5,9-16,20-21,28H,6-8H2,1-2H3. The van der Waals surface area contributed by atoms with Crippen LogP contribution in [0.3, 0.4) is 0 Å². The first-order valence-electron chi connectivity index (χ1n) is 11.0. The summed E-state index contributed by atoms with van der Waals surface area (Å²) in [7, 11) is 0. The van der Waals surface area contributed by atoms with E-state index in [1.54, 1.807) is 12.1 Å². The zero-order valence-electron chi connectivity index (χ0n) is 18.1. The van der Waals surface area contributed by atoms with E-state index in [0.717, 1.165) is 30.4 Å². The number of benzene rings is 2. The molecule has 166 valence electrons. The molecule has 32 heavy (non-hydrogen) atoms. The van der Waals surface area contributed by atoms with Crippen molar-refractivity contribution in [3.8, 4) is 11.4 Å². The third-order valence-corrected chi connectivity index (χ3v) is 7.59. The van der Waals surface area contributed by atoms with Gasteiger partial charge in [0.1, 0.15) is 11.1 Å². The van der Waals surface area contributed by atoms with Crippen molar-refractivity contribution in [1.82, 2.24) is 19.8 Å². The summed E-state index contributed by atoms with van der Waals surface area (Å²) in [6, 6.07) is 16.2. The minimum atomic E-state index is -0.427. The molecule has 2 aliphatic heterocycles. The molecule has 0 saturated carbocycles. The summed E-state index contributed by atoms with van der Waals surface area (Å²) in [5.74, 6) is 0.478. The summed E-state index contributed by atoms with van der Waals surface area (Å²) in [4.78, 5) is 15.9. The van der Waals surface area contributed by atoms with Gasteiger partial charge in [0.05, 0.1) is 6.04 Å². The number of nitrogens with one attached hydrogen (secondary N) is 1. The van der Waals surface area contributed by atoms with Gasteiger partial charge in [-0.1, -0.05) is 54.2 Å². The van der Waals surface area contributed by atoms with Crippen LogP contribution in [0.15, 0.2) is 59.8 Å². The molecule has 6 nitrogen and oxygen atoms in total. The van der Waals surface area contributed by atoms with Gasteiger partial charge >= 0.3 is 0 Å². The Labute approximate surface area is 191 Å². The lowest BCUT2D eigenvalue weighted by molar-refractivity contribution is -0.137. The zero-order chi connectivity index (χ0) is 22.2. The first kappa shape index (κ1) is 21.0. The number of likely N-dealkylation sites (tertiary alicyclic amines) is 1. The SMILES string of the molecule is CC1CCCC(C)N1C(=O)C1Sc2nnc(-c3ccccc3)n2NC1c1ccc(F)cc1. The molecule has 0 bridgehead atoms. The quantitative estimate of drug-likeness (QED) is 0.629. The Hall–Kier alpha value is -2.87. The lowest BCUT2D eigenvalue weighted by Gasteiger charge is -2.43. The maximum atomic E-state index is 13.8. The fourth-order valence-corrected chi connectivity index (χ4v) is 5.88. The summed E-state index contributed by atoms with van der Waals surface area (Å²) >= 11 is 1.43. The van der Waals surface area contributed by atoms with Gasteiger partial charge in [-0.25, -0.2) is 9.07 Å². The van der Waals surface area contributed by atoms with E-state index in [-0.39, 0.29) is 29.8 Å². The number of nitrogens with zero attached hydrogens (tertiary/aromatic N) is 4. The number of aromatic nitrogens is 3. The second kappa shape index (κ2) is 8.58. The van der Waals surface area contributed by atoms with Crippen LogP contribution in [-0.4, -0.2) is 43.0 Å². The number of carbonyl (C=O) groups excluding carboxylic acids is 1. The molecule has 1 amide bonds.